The van der Waals surface area contributed by atoms with Crippen LogP contribution in [0.2, 0.25) is 0 Å². The van der Waals surface area contributed by atoms with Gasteiger partial charge in [0, 0.05) is 7.05 Å². The molecule has 0 aliphatic heterocycles. The molecule has 13 heavy (non-hydrogen) atoms. The fraction of sp³-hybridized carbons (Fsp3) is 0.625. The highest BCUT2D eigenvalue weighted by Gasteiger charge is 2.12. The number of aromatic amines is 1. The van der Waals surface area contributed by atoms with Gasteiger partial charge in [-0.3, -0.25) is 14.6 Å². The second-order valence-corrected chi connectivity index (χ2v) is 4.07. The Kier molecular flexibility index (Phi) is 3.33. The monoisotopic (exact) mass is 247 g/mol. The van der Waals surface area contributed by atoms with Crippen LogP contribution in [-0.2, 0) is 13.5 Å². The number of hydrogen-bond acceptors (Lipinski definition) is 2. The van der Waals surface area contributed by atoms with Crippen molar-refractivity contribution in [3.05, 3.63) is 20.5 Å². The molecule has 1 unspecified atom stereocenters. The van der Waals surface area contributed by atoms with Crippen LogP contribution in [0.25, 0.3) is 0 Å². The largest absolute Gasteiger partial charge is 0.330 e. The van der Waals surface area contributed by atoms with Gasteiger partial charge in [-0.15, -0.1) is 0 Å². The van der Waals surface area contributed by atoms with Crippen molar-refractivity contribution in [2.45, 2.75) is 13.3 Å². The lowest BCUT2D eigenvalue weighted by Gasteiger charge is -2.05. The Labute approximate surface area is 85.2 Å². The highest BCUT2D eigenvalue weighted by Crippen LogP contribution is 2.14. The summed E-state index contributed by atoms with van der Waals surface area (Å²) in [5.41, 5.74) is 6.24. The molecule has 1 heterocycles. The van der Waals surface area contributed by atoms with Gasteiger partial charge >= 0.3 is 0 Å². The van der Waals surface area contributed by atoms with E-state index in [1.54, 1.807) is 11.7 Å². The van der Waals surface area contributed by atoms with E-state index in [1.807, 2.05) is 6.92 Å². The summed E-state index contributed by atoms with van der Waals surface area (Å²) in [6.07, 6.45) is 0.716. The van der Waals surface area contributed by atoms with Gasteiger partial charge in [0.2, 0.25) is 0 Å². The van der Waals surface area contributed by atoms with Gasteiger partial charge in [-0.25, -0.2) is 0 Å². The van der Waals surface area contributed by atoms with Gasteiger partial charge < -0.3 is 5.73 Å². The summed E-state index contributed by atoms with van der Waals surface area (Å²) < 4.78 is 2.48. The van der Waals surface area contributed by atoms with Gasteiger partial charge in [-0.05, 0) is 34.8 Å². The minimum atomic E-state index is -0.0327. The van der Waals surface area contributed by atoms with E-state index >= 15 is 0 Å². The fourth-order valence-electron chi connectivity index (χ4n) is 1.17. The Balaban J connectivity index is 2.94. The second kappa shape index (κ2) is 4.11. The molecule has 0 radical (unpaired) electrons. The van der Waals surface area contributed by atoms with Crippen molar-refractivity contribution in [2.24, 2.45) is 18.7 Å². The maximum Gasteiger partial charge on any atom is 0.268 e. The van der Waals surface area contributed by atoms with Gasteiger partial charge in [-0.1, -0.05) is 6.92 Å². The summed E-state index contributed by atoms with van der Waals surface area (Å²) in [7, 11) is 1.79. The smallest absolute Gasteiger partial charge is 0.268 e. The van der Waals surface area contributed by atoms with E-state index in [0.717, 1.165) is 10.2 Å². The molecule has 1 rings (SSSR count). The molecule has 0 saturated heterocycles. The van der Waals surface area contributed by atoms with Crippen LogP contribution in [-0.4, -0.2) is 16.3 Å². The molecule has 0 amide bonds. The highest BCUT2D eigenvalue weighted by atomic mass is 79.9. The summed E-state index contributed by atoms with van der Waals surface area (Å²) in [5.74, 6) is 0.333. The Hall–Kier alpha value is -0.550. The molecular formula is C8H14BrN3O. The lowest BCUT2D eigenvalue weighted by molar-refractivity contribution is 0.589. The third-order valence-corrected chi connectivity index (χ3v) is 3.05. The van der Waals surface area contributed by atoms with Crippen LogP contribution < -0.4 is 11.3 Å². The maximum absolute atomic E-state index is 11.4. The fourth-order valence-corrected chi connectivity index (χ4v) is 1.60. The lowest BCUT2D eigenvalue weighted by atomic mass is 10.0. The first-order chi connectivity index (χ1) is 6.06. The number of nitrogens with two attached hydrogens (primary N) is 1. The molecule has 4 nitrogen and oxygen atoms in total. The Bertz CT molecular complexity index is 342. The third-order valence-electron chi connectivity index (χ3n) is 2.04. The molecule has 1 aromatic heterocycles. The Morgan fingerprint density at radius 1 is 1.69 bits per heavy atom. The standard InChI is InChI=1S/C8H14BrN3O/c1-5(4-10)3-6-7(9)12(2)11-8(6)13/h5H,3-4,10H2,1-2H3,(H,11,13). The van der Waals surface area contributed by atoms with Crippen LogP contribution in [0.4, 0.5) is 0 Å². The predicted molar refractivity (Wildman–Crippen MR) is 55.7 cm³/mol. The van der Waals surface area contributed by atoms with Gasteiger partial charge in [0.15, 0.2) is 0 Å². The summed E-state index contributed by atoms with van der Waals surface area (Å²) in [5, 5.41) is 2.68. The molecular weight excluding hydrogens is 234 g/mol. The number of rotatable bonds is 3. The van der Waals surface area contributed by atoms with E-state index in [1.165, 1.54) is 0 Å². The topological polar surface area (TPSA) is 63.8 Å². The number of halogens is 1. The van der Waals surface area contributed by atoms with Gasteiger partial charge in [-0.2, -0.15) is 0 Å². The molecule has 3 N–H and O–H groups in total. The summed E-state index contributed by atoms with van der Waals surface area (Å²) >= 11 is 3.35. The molecule has 0 spiro atoms. The van der Waals surface area contributed by atoms with Crippen LogP contribution in [0.15, 0.2) is 9.40 Å². The molecule has 1 atom stereocenters. The zero-order chi connectivity index (χ0) is 10.0. The van der Waals surface area contributed by atoms with Crippen molar-refractivity contribution in [2.75, 3.05) is 6.54 Å². The van der Waals surface area contributed by atoms with E-state index in [4.69, 9.17) is 5.73 Å². The summed E-state index contributed by atoms with van der Waals surface area (Å²) in [6, 6.07) is 0. The highest BCUT2D eigenvalue weighted by molar-refractivity contribution is 9.10. The van der Waals surface area contributed by atoms with Crippen LogP contribution in [0.3, 0.4) is 0 Å². The molecule has 0 aromatic carbocycles. The van der Waals surface area contributed by atoms with E-state index in [9.17, 15) is 4.79 Å². The van der Waals surface area contributed by atoms with Crippen molar-refractivity contribution in [3.8, 4) is 0 Å². The average molecular weight is 248 g/mol. The molecule has 0 aliphatic carbocycles. The molecule has 0 fully saturated rings. The van der Waals surface area contributed by atoms with E-state index < -0.39 is 0 Å². The lowest BCUT2D eigenvalue weighted by Crippen LogP contribution is -2.17. The van der Waals surface area contributed by atoms with Gasteiger partial charge in [0.05, 0.1) is 5.56 Å². The van der Waals surface area contributed by atoms with Crippen LogP contribution in [0.1, 0.15) is 12.5 Å². The molecule has 0 bridgehead atoms. The molecule has 1 aromatic rings. The van der Waals surface area contributed by atoms with E-state index in [-0.39, 0.29) is 5.56 Å². The quantitative estimate of drug-likeness (QED) is 0.823. The van der Waals surface area contributed by atoms with Gasteiger partial charge in [0.1, 0.15) is 4.60 Å². The zero-order valence-electron chi connectivity index (χ0n) is 7.80. The first kappa shape index (κ1) is 10.5. The molecule has 5 heteroatoms. The van der Waals surface area contributed by atoms with Crippen molar-refractivity contribution in [3.63, 3.8) is 0 Å². The van der Waals surface area contributed by atoms with Gasteiger partial charge in [0.25, 0.3) is 5.56 Å². The van der Waals surface area contributed by atoms with E-state index in [0.29, 0.717) is 18.9 Å². The summed E-state index contributed by atoms with van der Waals surface area (Å²) in [4.78, 5) is 11.4. The average Bonchev–Trinajstić information content (AvgIpc) is 2.32. The van der Waals surface area contributed by atoms with Crippen LogP contribution in [0, 0.1) is 5.92 Å². The molecule has 0 aliphatic rings. The summed E-state index contributed by atoms with van der Waals surface area (Å²) in [6.45, 7) is 2.62. The van der Waals surface area contributed by atoms with E-state index in [2.05, 4.69) is 21.0 Å². The molecule has 74 valence electrons. The van der Waals surface area contributed by atoms with Crippen LogP contribution >= 0.6 is 15.9 Å². The first-order valence-electron chi connectivity index (χ1n) is 4.19. The van der Waals surface area contributed by atoms with Crippen molar-refractivity contribution in [1.29, 1.82) is 0 Å². The third kappa shape index (κ3) is 2.22. The SMILES string of the molecule is CC(CN)Cc1c(Br)n(C)[nH]c1=O. The number of nitrogens with one attached hydrogen (secondary N) is 1. The minimum absolute atomic E-state index is 0.0327. The maximum atomic E-state index is 11.4. The Morgan fingerprint density at radius 3 is 2.69 bits per heavy atom. The van der Waals surface area contributed by atoms with Crippen LogP contribution in [0.5, 0.6) is 0 Å². The predicted octanol–water partition coefficient (Wildman–Crippen LogP) is 0.613. The minimum Gasteiger partial charge on any atom is -0.330 e. The van der Waals surface area contributed by atoms with Crippen molar-refractivity contribution < 1.29 is 0 Å². The first-order valence-corrected chi connectivity index (χ1v) is 4.99. The Morgan fingerprint density at radius 2 is 2.31 bits per heavy atom. The number of nitrogens with zero attached hydrogens (tertiary/aromatic N) is 1. The second-order valence-electron chi connectivity index (χ2n) is 3.31. The van der Waals surface area contributed by atoms with Crippen molar-refractivity contribution >= 4 is 15.9 Å². The number of H-pyrrole nitrogens is 1. The number of aromatic nitrogens is 2. The number of aryl methyl sites for hydroxylation is 1. The number of hydrogen-bond donors (Lipinski definition) is 2. The van der Waals surface area contributed by atoms with Crippen molar-refractivity contribution in [1.82, 2.24) is 9.78 Å². The normalized spacial score (nSPS) is 13.2. The molecule has 0 saturated carbocycles. The zero-order valence-corrected chi connectivity index (χ0v) is 9.39.